The number of nitrogens with one attached hydrogen (secondary N) is 1. The third-order valence-electron chi connectivity index (χ3n) is 5.33. The first-order valence-electron chi connectivity index (χ1n) is 10.2. The van der Waals surface area contributed by atoms with Crippen LogP contribution in [0, 0.1) is 6.92 Å². The van der Waals surface area contributed by atoms with Crippen LogP contribution in [0.2, 0.25) is 0 Å². The van der Waals surface area contributed by atoms with Crippen molar-refractivity contribution in [2.24, 2.45) is 0 Å². The molecule has 30 heavy (non-hydrogen) atoms. The summed E-state index contributed by atoms with van der Waals surface area (Å²) >= 11 is 3.56. The Morgan fingerprint density at radius 2 is 1.80 bits per heavy atom. The first-order valence-corrected chi connectivity index (χ1v) is 11.0. The van der Waals surface area contributed by atoms with Crippen LogP contribution >= 0.6 is 15.9 Å². The Bertz CT molecular complexity index is 1060. The van der Waals surface area contributed by atoms with Crippen molar-refractivity contribution in [1.82, 2.24) is 14.9 Å². The molecule has 1 N–H and O–H groups in total. The van der Waals surface area contributed by atoms with Gasteiger partial charge >= 0.3 is 6.09 Å². The van der Waals surface area contributed by atoms with Crippen molar-refractivity contribution in [3.8, 4) is 11.1 Å². The zero-order valence-electron chi connectivity index (χ0n) is 17.8. The standard InChI is InChI=1S/C23H27BrN4O2/c1-15-18-7-5-16(13-19(18)26-21(15)24)17-6-8-20(25-14-17)27-9-11-28(12-10-27)22(29)30-23(2,3)4/h5-8,13-14,26H,9-12H2,1-4H3. The quantitative estimate of drug-likeness (QED) is 0.547. The highest BCUT2D eigenvalue weighted by Gasteiger charge is 2.26. The lowest BCUT2D eigenvalue weighted by molar-refractivity contribution is 0.0240. The Kier molecular flexibility index (Phi) is 5.49. The summed E-state index contributed by atoms with van der Waals surface area (Å²) in [6.45, 7) is 10.5. The molecule has 1 saturated heterocycles. The molecule has 1 aromatic carbocycles. The Morgan fingerprint density at radius 1 is 1.10 bits per heavy atom. The number of piperazine rings is 1. The van der Waals surface area contributed by atoms with Crippen LogP contribution in [0.15, 0.2) is 41.1 Å². The summed E-state index contributed by atoms with van der Waals surface area (Å²) in [6.07, 6.45) is 1.67. The zero-order chi connectivity index (χ0) is 21.5. The summed E-state index contributed by atoms with van der Waals surface area (Å²) in [4.78, 5) is 24.3. The van der Waals surface area contributed by atoms with Gasteiger partial charge in [-0.1, -0.05) is 12.1 Å². The number of anilines is 1. The lowest BCUT2D eigenvalue weighted by Crippen LogP contribution is -2.50. The number of carbonyl (C=O) groups excluding carboxylic acids is 1. The van der Waals surface area contributed by atoms with Crippen LogP contribution in [0.4, 0.5) is 10.6 Å². The second-order valence-electron chi connectivity index (χ2n) is 8.68. The Balaban J connectivity index is 1.43. The lowest BCUT2D eigenvalue weighted by atomic mass is 10.1. The minimum atomic E-state index is -0.469. The van der Waals surface area contributed by atoms with E-state index in [-0.39, 0.29) is 6.09 Å². The molecule has 0 saturated carbocycles. The number of H-pyrrole nitrogens is 1. The van der Waals surface area contributed by atoms with E-state index in [1.807, 2.05) is 27.0 Å². The summed E-state index contributed by atoms with van der Waals surface area (Å²) in [7, 11) is 0. The van der Waals surface area contributed by atoms with E-state index < -0.39 is 5.60 Å². The fourth-order valence-corrected chi connectivity index (χ4v) is 4.10. The van der Waals surface area contributed by atoms with Gasteiger partial charge in [0.1, 0.15) is 11.4 Å². The Hall–Kier alpha value is -2.54. The molecular weight excluding hydrogens is 444 g/mol. The molecule has 1 aliphatic rings. The minimum Gasteiger partial charge on any atom is -0.444 e. The molecule has 6 nitrogen and oxygen atoms in total. The molecule has 7 heteroatoms. The van der Waals surface area contributed by atoms with Crippen LogP contribution in [-0.2, 0) is 4.74 Å². The molecule has 0 atom stereocenters. The molecule has 1 fully saturated rings. The average Bonchev–Trinajstić information content (AvgIpc) is 3.00. The lowest BCUT2D eigenvalue weighted by Gasteiger charge is -2.36. The van der Waals surface area contributed by atoms with Crippen molar-refractivity contribution in [3.05, 3.63) is 46.7 Å². The van der Waals surface area contributed by atoms with Gasteiger partial charge < -0.3 is 19.5 Å². The number of benzene rings is 1. The van der Waals surface area contributed by atoms with Gasteiger partial charge in [0.2, 0.25) is 0 Å². The number of ether oxygens (including phenoxy) is 1. The van der Waals surface area contributed by atoms with Crippen molar-refractivity contribution in [3.63, 3.8) is 0 Å². The zero-order valence-corrected chi connectivity index (χ0v) is 19.4. The van der Waals surface area contributed by atoms with Gasteiger partial charge in [-0.3, -0.25) is 0 Å². The highest BCUT2D eigenvalue weighted by molar-refractivity contribution is 9.10. The molecule has 4 rings (SSSR count). The van der Waals surface area contributed by atoms with Gasteiger partial charge in [-0.2, -0.15) is 0 Å². The van der Waals surface area contributed by atoms with E-state index in [9.17, 15) is 4.79 Å². The molecule has 0 radical (unpaired) electrons. The van der Waals surface area contributed by atoms with Gasteiger partial charge in [0.05, 0.1) is 4.60 Å². The second kappa shape index (κ2) is 7.95. The molecule has 0 spiro atoms. The molecule has 3 aromatic rings. The molecular formula is C23H27BrN4O2. The highest BCUT2D eigenvalue weighted by Crippen LogP contribution is 2.30. The van der Waals surface area contributed by atoms with Crippen molar-refractivity contribution in [1.29, 1.82) is 0 Å². The third kappa shape index (κ3) is 4.31. The maximum atomic E-state index is 12.2. The predicted molar refractivity (Wildman–Crippen MR) is 124 cm³/mol. The summed E-state index contributed by atoms with van der Waals surface area (Å²) in [5.74, 6) is 0.933. The van der Waals surface area contributed by atoms with E-state index in [0.29, 0.717) is 13.1 Å². The monoisotopic (exact) mass is 470 g/mol. The number of halogens is 1. The maximum absolute atomic E-state index is 12.2. The van der Waals surface area contributed by atoms with Crippen LogP contribution in [0.1, 0.15) is 26.3 Å². The Morgan fingerprint density at radius 3 is 2.43 bits per heavy atom. The number of nitrogens with zero attached hydrogens (tertiary/aromatic N) is 3. The number of hydrogen-bond donors (Lipinski definition) is 1. The summed E-state index contributed by atoms with van der Waals surface area (Å²) in [6, 6.07) is 10.6. The molecule has 0 bridgehead atoms. The van der Waals surface area contributed by atoms with Crippen molar-refractivity contribution < 1.29 is 9.53 Å². The molecule has 158 valence electrons. The van der Waals surface area contributed by atoms with Crippen molar-refractivity contribution in [2.75, 3.05) is 31.1 Å². The summed E-state index contributed by atoms with van der Waals surface area (Å²) < 4.78 is 6.49. The predicted octanol–water partition coefficient (Wildman–Crippen LogP) is 5.36. The number of aryl methyl sites for hydroxylation is 1. The van der Waals surface area contributed by atoms with E-state index in [2.05, 4.69) is 68.1 Å². The van der Waals surface area contributed by atoms with Crippen LogP contribution < -0.4 is 4.90 Å². The minimum absolute atomic E-state index is 0.243. The summed E-state index contributed by atoms with van der Waals surface area (Å²) in [5.41, 5.74) is 4.07. The third-order valence-corrected chi connectivity index (χ3v) is 6.13. The fourth-order valence-electron chi connectivity index (χ4n) is 3.67. The molecule has 0 aliphatic carbocycles. The van der Waals surface area contributed by atoms with Gasteiger partial charge in [0.25, 0.3) is 0 Å². The van der Waals surface area contributed by atoms with Crippen LogP contribution in [0.25, 0.3) is 22.0 Å². The largest absolute Gasteiger partial charge is 0.444 e. The normalized spacial score (nSPS) is 15.0. The summed E-state index contributed by atoms with van der Waals surface area (Å²) in [5, 5.41) is 1.22. The molecule has 0 unspecified atom stereocenters. The number of aromatic nitrogens is 2. The van der Waals surface area contributed by atoms with E-state index in [1.54, 1.807) is 4.90 Å². The second-order valence-corrected chi connectivity index (χ2v) is 9.48. The average molecular weight is 471 g/mol. The van der Waals surface area contributed by atoms with E-state index >= 15 is 0 Å². The number of fused-ring (bicyclic) bond motifs is 1. The van der Waals surface area contributed by atoms with Crippen LogP contribution in [0.5, 0.6) is 0 Å². The number of carbonyl (C=O) groups is 1. The molecule has 3 heterocycles. The van der Waals surface area contributed by atoms with Crippen LogP contribution in [-0.4, -0.2) is 52.7 Å². The fraction of sp³-hybridized carbons (Fsp3) is 0.391. The SMILES string of the molecule is Cc1c(Br)[nH]c2cc(-c3ccc(N4CCN(C(=O)OC(C)(C)C)CC4)nc3)ccc12. The topological polar surface area (TPSA) is 61.5 Å². The smallest absolute Gasteiger partial charge is 0.410 e. The van der Waals surface area contributed by atoms with Gasteiger partial charge in [-0.05, 0) is 73.0 Å². The number of pyridine rings is 1. The van der Waals surface area contributed by atoms with Crippen molar-refractivity contribution in [2.45, 2.75) is 33.3 Å². The van der Waals surface area contributed by atoms with Gasteiger partial charge in [0.15, 0.2) is 0 Å². The first kappa shape index (κ1) is 20.7. The van der Waals surface area contributed by atoms with Crippen molar-refractivity contribution >= 4 is 38.7 Å². The van der Waals surface area contributed by atoms with Crippen LogP contribution in [0.3, 0.4) is 0 Å². The number of rotatable bonds is 2. The number of aromatic amines is 1. The maximum Gasteiger partial charge on any atom is 0.410 e. The van der Waals surface area contributed by atoms with Gasteiger partial charge in [-0.15, -0.1) is 0 Å². The molecule has 2 aromatic heterocycles. The molecule has 1 amide bonds. The van der Waals surface area contributed by atoms with E-state index in [0.717, 1.165) is 40.2 Å². The molecule has 1 aliphatic heterocycles. The first-order chi connectivity index (χ1) is 14.2. The van der Waals surface area contributed by atoms with Gasteiger partial charge in [0, 0.05) is 48.8 Å². The number of amides is 1. The number of hydrogen-bond acceptors (Lipinski definition) is 4. The van der Waals surface area contributed by atoms with Gasteiger partial charge in [-0.25, -0.2) is 9.78 Å². The Labute approximate surface area is 185 Å². The highest BCUT2D eigenvalue weighted by atomic mass is 79.9. The van der Waals surface area contributed by atoms with E-state index in [1.165, 1.54) is 10.9 Å². The van der Waals surface area contributed by atoms with E-state index in [4.69, 9.17) is 4.74 Å².